The maximum absolute atomic E-state index is 9.51. The second-order valence-corrected chi connectivity index (χ2v) is 8.67. The third kappa shape index (κ3) is 9.84. The van der Waals surface area contributed by atoms with E-state index in [0.717, 1.165) is 0 Å². The second kappa shape index (κ2) is 5.61. The van der Waals surface area contributed by atoms with Crippen LogP contribution in [0.2, 0.25) is 0 Å². The summed E-state index contributed by atoms with van der Waals surface area (Å²) in [5.41, 5.74) is 12.1. The van der Waals surface area contributed by atoms with Crippen molar-refractivity contribution in [1.82, 2.24) is 0 Å². The van der Waals surface area contributed by atoms with Gasteiger partial charge in [0, 0.05) is 0 Å². The Morgan fingerprint density at radius 2 is 1.23 bits per heavy atom. The largest absolute Gasteiger partial charge is 0.397 e. The minimum absolute atomic E-state index is 0.646. The van der Waals surface area contributed by atoms with Crippen LogP contribution in [0.3, 0.4) is 0 Å². The van der Waals surface area contributed by atoms with Crippen molar-refractivity contribution in [2.45, 2.75) is 0 Å². The summed E-state index contributed by atoms with van der Waals surface area (Å²) in [6.07, 6.45) is 0. The number of rotatable bonds is 0. The van der Waals surface area contributed by atoms with Crippen LogP contribution < -0.4 is 11.5 Å². The summed E-state index contributed by atoms with van der Waals surface area (Å²) >= 11 is 13.8. The first-order valence-electron chi connectivity index (χ1n) is 3.09. The molecule has 0 fully saturated rings. The van der Waals surface area contributed by atoms with Crippen molar-refractivity contribution in [2.75, 3.05) is 11.5 Å². The smallest absolute Gasteiger partial charge is 0.339 e. The minimum Gasteiger partial charge on any atom is -0.397 e. The van der Waals surface area contributed by atoms with Crippen LogP contribution in [0.25, 0.3) is 0 Å². The average Bonchev–Trinajstić information content (AvgIpc) is 1.92. The molecular weight excluding hydrogens is 253 g/mol. The molecule has 0 spiro atoms. The van der Waals surface area contributed by atoms with E-state index in [2.05, 4.69) is 33.7 Å². The summed E-state index contributed by atoms with van der Waals surface area (Å²) in [7, 11) is 0. The highest BCUT2D eigenvalue weighted by Crippen LogP contribution is 2.61. The van der Waals surface area contributed by atoms with E-state index < -0.39 is 5.20 Å². The van der Waals surface area contributed by atoms with Crippen molar-refractivity contribution < 1.29 is 4.57 Å². The van der Waals surface area contributed by atoms with E-state index in [-0.39, 0.29) is 0 Å². The topological polar surface area (TPSA) is 69.1 Å². The van der Waals surface area contributed by atoms with Gasteiger partial charge in [0.25, 0.3) is 0 Å². The van der Waals surface area contributed by atoms with Crippen LogP contribution in [0.15, 0.2) is 24.3 Å². The van der Waals surface area contributed by atoms with Gasteiger partial charge in [0.15, 0.2) is 0 Å². The highest BCUT2D eigenvalue weighted by Gasteiger charge is 2.02. The van der Waals surface area contributed by atoms with Crippen molar-refractivity contribution in [1.29, 1.82) is 0 Å². The van der Waals surface area contributed by atoms with Crippen molar-refractivity contribution in [3.05, 3.63) is 24.3 Å². The quantitative estimate of drug-likeness (QED) is 0.553. The molecule has 3 nitrogen and oxygen atoms in total. The van der Waals surface area contributed by atoms with Crippen LogP contribution in [-0.2, 0) is 4.57 Å². The molecule has 0 saturated carbocycles. The number of hydrogen-bond acceptors (Lipinski definition) is 3. The molecule has 0 saturated heterocycles. The summed E-state index contributed by atoms with van der Waals surface area (Å²) in [6, 6.07) is 7.25. The van der Waals surface area contributed by atoms with Gasteiger partial charge >= 0.3 is 5.20 Å². The Hall–Kier alpha value is -0.0800. The summed E-state index contributed by atoms with van der Waals surface area (Å²) in [5, 5.41) is -3.22. The van der Waals surface area contributed by atoms with Crippen LogP contribution in [0, 0.1) is 0 Å². The third-order valence-corrected chi connectivity index (χ3v) is 0.996. The minimum atomic E-state index is -3.22. The predicted molar refractivity (Wildman–Crippen MR) is 60.4 cm³/mol. The summed E-state index contributed by atoms with van der Waals surface area (Å²) in [6.45, 7) is 0. The van der Waals surface area contributed by atoms with Gasteiger partial charge in [-0.2, -0.15) is 0 Å². The maximum atomic E-state index is 9.51. The van der Waals surface area contributed by atoms with E-state index in [4.69, 9.17) is 11.5 Å². The fourth-order valence-corrected chi connectivity index (χ4v) is 0.511. The van der Waals surface area contributed by atoms with Crippen LogP contribution >= 0.6 is 38.9 Å². The van der Waals surface area contributed by atoms with Gasteiger partial charge in [-0.1, -0.05) is 12.1 Å². The van der Waals surface area contributed by atoms with Crippen molar-refractivity contribution in [3.63, 3.8) is 0 Å². The molecule has 0 aliphatic heterocycles. The molecular formula is C6H8Cl3N2OP. The summed E-state index contributed by atoms with van der Waals surface area (Å²) in [5.74, 6) is 0. The lowest BCUT2D eigenvalue weighted by Gasteiger charge is -1.94. The van der Waals surface area contributed by atoms with Gasteiger partial charge < -0.3 is 11.5 Å². The van der Waals surface area contributed by atoms with Gasteiger partial charge in [0.05, 0.1) is 11.4 Å². The standard InChI is InChI=1S/C6H8N2.Cl3OP/c7-5-3-1-2-4-6(5)8;1-5(2,3)4/h1-4H,7-8H2;. The maximum Gasteiger partial charge on any atom is 0.339 e. The third-order valence-electron chi connectivity index (χ3n) is 0.996. The zero-order valence-electron chi connectivity index (χ0n) is 6.45. The Morgan fingerprint density at radius 1 is 1.00 bits per heavy atom. The molecule has 1 rings (SSSR count). The molecule has 0 heterocycles. The van der Waals surface area contributed by atoms with E-state index >= 15 is 0 Å². The predicted octanol–water partition coefficient (Wildman–Crippen LogP) is 3.66. The summed E-state index contributed by atoms with van der Waals surface area (Å²) < 4.78 is 9.51. The molecule has 1 aromatic carbocycles. The lowest BCUT2D eigenvalue weighted by molar-refractivity contribution is 0.600. The summed E-state index contributed by atoms with van der Waals surface area (Å²) in [4.78, 5) is 0. The van der Waals surface area contributed by atoms with E-state index in [1.165, 1.54) is 0 Å². The van der Waals surface area contributed by atoms with E-state index in [0.29, 0.717) is 11.4 Å². The average molecular weight is 261 g/mol. The Kier molecular flexibility index (Phi) is 5.57. The van der Waals surface area contributed by atoms with Gasteiger partial charge in [-0.3, -0.25) is 4.57 Å². The molecule has 4 N–H and O–H groups in total. The van der Waals surface area contributed by atoms with E-state index in [1.807, 2.05) is 12.1 Å². The molecule has 0 unspecified atom stereocenters. The number of para-hydroxylation sites is 2. The molecule has 74 valence electrons. The van der Waals surface area contributed by atoms with E-state index in [9.17, 15) is 4.57 Å². The van der Waals surface area contributed by atoms with Gasteiger partial charge in [-0.25, -0.2) is 0 Å². The molecule has 1 aromatic rings. The fraction of sp³-hybridized carbons (Fsp3) is 0. The molecule has 0 atom stereocenters. The highest BCUT2D eigenvalue weighted by atomic mass is 36.0. The molecule has 0 bridgehead atoms. The fourth-order valence-electron chi connectivity index (χ4n) is 0.511. The molecule has 0 aliphatic rings. The molecule has 0 amide bonds. The number of hydrogen-bond donors (Lipinski definition) is 2. The zero-order valence-corrected chi connectivity index (χ0v) is 9.62. The number of halogens is 3. The Morgan fingerprint density at radius 3 is 1.38 bits per heavy atom. The highest BCUT2D eigenvalue weighted by molar-refractivity contribution is 8.24. The van der Waals surface area contributed by atoms with Crippen LogP contribution in [0.1, 0.15) is 0 Å². The van der Waals surface area contributed by atoms with Crippen molar-refractivity contribution in [2.24, 2.45) is 0 Å². The number of benzene rings is 1. The Bertz CT molecular complexity index is 285. The normalized spacial score (nSPS) is 10.1. The van der Waals surface area contributed by atoms with Gasteiger partial charge in [0.1, 0.15) is 0 Å². The number of nitrogen functional groups attached to an aromatic ring is 2. The Balaban J connectivity index is 0.000000252. The first-order chi connectivity index (χ1) is 5.80. The van der Waals surface area contributed by atoms with Gasteiger partial charge in [-0.05, 0) is 45.9 Å². The van der Waals surface area contributed by atoms with Gasteiger partial charge in [-0.15, -0.1) is 0 Å². The van der Waals surface area contributed by atoms with E-state index in [1.54, 1.807) is 12.1 Å². The van der Waals surface area contributed by atoms with Crippen LogP contribution in [0.4, 0.5) is 11.4 Å². The lowest BCUT2D eigenvalue weighted by Crippen LogP contribution is -1.91. The van der Waals surface area contributed by atoms with Crippen molar-refractivity contribution >= 4 is 50.3 Å². The zero-order chi connectivity index (χ0) is 10.5. The number of anilines is 2. The molecule has 0 aliphatic carbocycles. The molecule has 0 radical (unpaired) electrons. The molecule has 7 heteroatoms. The SMILES string of the molecule is Nc1ccccc1N.O=P(Cl)(Cl)Cl. The second-order valence-electron chi connectivity index (χ2n) is 2.03. The molecule has 13 heavy (non-hydrogen) atoms. The van der Waals surface area contributed by atoms with Crippen LogP contribution in [-0.4, -0.2) is 0 Å². The van der Waals surface area contributed by atoms with Crippen molar-refractivity contribution in [3.8, 4) is 0 Å². The number of nitrogens with two attached hydrogens (primary N) is 2. The first-order valence-corrected chi connectivity index (χ1v) is 7.52. The van der Waals surface area contributed by atoms with Gasteiger partial charge in [0.2, 0.25) is 0 Å². The first kappa shape index (κ1) is 12.9. The van der Waals surface area contributed by atoms with Crippen LogP contribution in [0.5, 0.6) is 0 Å². The Labute approximate surface area is 90.7 Å². The lowest BCUT2D eigenvalue weighted by atomic mass is 10.3. The molecule has 0 aromatic heterocycles. The monoisotopic (exact) mass is 260 g/mol.